The molecule has 1 aliphatic rings. The Kier molecular flexibility index (Phi) is 5.60. The Hall–Kier alpha value is -2.28. The Labute approximate surface area is 128 Å². The Morgan fingerprint density at radius 3 is 2.91 bits per heavy atom. The zero-order valence-electron chi connectivity index (χ0n) is 12.4. The minimum atomic E-state index is -0.940. The zero-order valence-corrected chi connectivity index (χ0v) is 12.4. The molecule has 2 N–H and O–H groups in total. The first-order valence-electron chi connectivity index (χ1n) is 7.13. The number of benzene rings is 1. The molecule has 0 aliphatic carbocycles. The second-order valence-corrected chi connectivity index (χ2v) is 5.10. The van der Waals surface area contributed by atoms with Gasteiger partial charge in [-0.1, -0.05) is 12.1 Å². The van der Waals surface area contributed by atoms with Crippen LogP contribution in [0.2, 0.25) is 0 Å². The van der Waals surface area contributed by atoms with Gasteiger partial charge in [-0.3, -0.25) is 4.79 Å². The van der Waals surface area contributed by atoms with Gasteiger partial charge in [-0.2, -0.15) is 0 Å². The van der Waals surface area contributed by atoms with Crippen molar-refractivity contribution in [1.82, 2.24) is 4.90 Å². The Balaban J connectivity index is 1.96. The van der Waals surface area contributed by atoms with Crippen molar-refractivity contribution in [1.29, 1.82) is 0 Å². The van der Waals surface area contributed by atoms with Crippen molar-refractivity contribution in [3.63, 3.8) is 0 Å². The molecule has 0 aromatic heterocycles. The van der Waals surface area contributed by atoms with E-state index in [0.717, 1.165) is 6.42 Å². The van der Waals surface area contributed by atoms with Crippen LogP contribution in [0, 0.1) is 0 Å². The van der Waals surface area contributed by atoms with E-state index in [2.05, 4.69) is 5.32 Å². The van der Waals surface area contributed by atoms with Gasteiger partial charge in [0.1, 0.15) is 11.9 Å². The zero-order chi connectivity index (χ0) is 15.9. The van der Waals surface area contributed by atoms with Gasteiger partial charge in [0, 0.05) is 20.0 Å². The summed E-state index contributed by atoms with van der Waals surface area (Å²) in [6.07, 6.45) is 0.713. The fourth-order valence-corrected chi connectivity index (χ4v) is 2.03. The van der Waals surface area contributed by atoms with Crippen molar-refractivity contribution in [2.24, 2.45) is 0 Å². The SMILES string of the molecule is CN(CCC(=O)O)C(=O)Nc1ccccc1OC1CCOC1. The summed E-state index contributed by atoms with van der Waals surface area (Å²) in [7, 11) is 1.55. The molecule has 0 radical (unpaired) electrons. The molecule has 1 unspecified atom stereocenters. The fourth-order valence-electron chi connectivity index (χ4n) is 2.03. The topological polar surface area (TPSA) is 88.1 Å². The van der Waals surface area contributed by atoms with Gasteiger partial charge in [-0.05, 0) is 12.1 Å². The molecule has 0 bridgehead atoms. The van der Waals surface area contributed by atoms with Crippen LogP contribution in [0.3, 0.4) is 0 Å². The maximum Gasteiger partial charge on any atom is 0.321 e. The molecule has 2 amide bonds. The molecule has 7 heteroatoms. The fraction of sp³-hybridized carbons (Fsp3) is 0.467. The van der Waals surface area contributed by atoms with Gasteiger partial charge in [0.25, 0.3) is 0 Å². The number of urea groups is 1. The molecule has 22 heavy (non-hydrogen) atoms. The summed E-state index contributed by atoms with van der Waals surface area (Å²) < 4.78 is 11.1. The number of carboxylic acid groups (broad SMARTS) is 1. The molecule has 1 fully saturated rings. The summed E-state index contributed by atoms with van der Waals surface area (Å²) in [5.74, 6) is -0.359. The number of aliphatic carboxylic acids is 1. The molecule has 1 heterocycles. The normalized spacial score (nSPS) is 17.0. The number of nitrogens with zero attached hydrogens (tertiary/aromatic N) is 1. The molecular formula is C15H20N2O5. The summed E-state index contributed by atoms with van der Waals surface area (Å²) in [6.45, 7) is 1.36. The second kappa shape index (κ2) is 7.65. The number of hydrogen-bond acceptors (Lipinski definition) is 4. The molecule has 7 nitrogen and oxygen atoms in total. The number of para-hydroxylation sites is 2. The van der Waals surface area contributed by atoms with Crippen LogP contribution in [0.1, 0.15) is 12.8 Å². The van der Waals surface area contributed by atoms with Gasteiger partial charge >= 0.3 is 12.0 Å². The Bertz CT molecular complexity index is 528. The smallest absolute Gasteiger partial charge is 0.321 e. The van der Waals surface area contributed by atoms with E-state index in [-0.39, 0.29) is 25.1 Å². The third kappa shape index (κ3) is 4.63. The second-order valence-electron chi connectivity index (χ2n) is 5.10. The van der Waals surface area contributed by atoms with Crippen molar-refractivity contribution in [3.05, 3.63) is 24.3 Å². The van der Waals surface area contributed by atoms with Crippen molar-refractivity contribution in [3.8, 4) is 5.75 Å². The molecule has 1 atom stereocenters. The maximum atomic E-state index is 12.1. The van der Waals surface area contributed by atoms with Crippen LogP contribution in [0.15, 0.2) is 24.3 Å². The van der Waals surface area contributed by atoms with E-state index >= 15 is 0 Å². The quantitative estimate of drug-likeness (QED) is 0.836. The average molecular weight is 308 g/mol. The number of anilines is 1. The first kappa shape index (κ1) is 16.1. The van der Waals surface area contributed by atoms with E-state index in [1.807, 2.05) is 6.07 Å². The lowest BCUT2D eigenvalue weighted by Crippen LogP contribution is -2.33. The Morgan fingerprint density at radius 1 is 1.45 bits per heavy atom. The number of hydrogen-bond donors (Lipinski definition) is 2. The van der Waals surface area contributed by atoms with Crippen LogP contribution in [0.4, 0.5) is 10.5 Å². The van der Waals surface area contributed by atoms with Gasteiger partial charge in [0.15, 0.2) is 0 Å². The van der Waals surface area contributed by atoms with E-state index < -0.39 is 5.97 Å². The standard InChI is InChI=1S/C15H20N2O5/c1-17(8-6-14(18)19)15(20)16-12-4-2-3-5-13(12)22-11-7-9-21-10-11/h2-5,11H,6-10H2,1H3,(H,16,20)(H,18,19). The summed E-state index contributed by atoms with van der Waals surface area (Å²) >= 11 is 0. The highest BCUT2D eigenvalue weighted by Gasteiger charge is 2.19. The average Bonchev–Trinajstić information content (AvgIpc) is 2.99. The van der Waals surface area contributed by atoms with Crippen LogP contribution < -0.4 is 10.1 Å². The van der Waals surface area contributed by atoms with Gasteiger partial charge in [0.05, 0.1) is 25.3 Å². The lowest BCUT2D eigenvalue weighted by Gasteiger charge is -2.20. The number of amides is 2. The summed E-state index contributed by atoms with van der Waals surface area (Å²) in [5, 5.41) is 11.4. The lowest BCUT2D eigenvalue weighted by molar-refractivity contribution is -0.137. The highest BCUT2D eigenvalue weighted by molar-refractivity contribution is 5.91. The first-order valence-corrected chi connectivity index (χ1v) is 7.13. The van der Waals surface area contributed by atoms with Gasteiger partial charge < -0.3 is 24.8 Å². The summed E-state index contributed by atoms with van der Waals surface area (Å²) in [6, 6.07) is 6.78. The lowest BCUT2D eigenvalue weighted by atomic mass is 10.2. The number of rotatable bonds is 6. The van der Waals surface area contributed by atoms with E-state index in [1.54, 1.807) is 25.2 Å². The predicted octanol–water partition coefficient (Wildman–Crippen LogP) is 1.79. The highest BCUT2D eigenvalue weighted by Crippen LogP contribution is 2.26. The summed E-state index contributed by atoms with van der Waals surface area (Å²) in [4.78, 5) is 23.9. The molecule has 1 aromatic rings. The largest absolute Gasteiger partial charge is 0.486 e. The number of carboxylic acids is 1. The molecule has 0 saturated carbocycles. The third-order valence-corrected chi connectivity index (χ3v) is 3.32. The summed E-state index contributed by atoms with van der Waals surface area (Å²) in [5.41, 5.74) is 0.557. The highest BCUT2D eigenvalue weighted by atomic mass is 16.5. The van der Waals surface area contributed by atoms with E-state index in [4.69, 9.17) is 14.6 Å². The van der Waals surface area contributed by atoms with Gasteiger partial charge in [-0.15, -0.1) is 0 Å². The van der Waals surface area contributed by atoms with Crippen LogP contribution in [-0.4, -0.2) is 54.9 Å². The predicted molar refractivity (Wildman–Crippen MR) is 80.2 cm³/mol. The Morgan fingerprint density at radius 2 is 2.23 bits per heavy atom. The van der Waals surface area contributed by atoms with Crippen LogP contribution in [0.25, 0.3) is 0 Å². The molecular weight excluding hydrogens is 288 g/mol. The van der Waals surface area contributed by atoms with Crippen molar-refractivity contribution in [2.45, 2.75) is 18.9 Å². The number of carbonyl (C=O) groups excluding carboxylic acids is 1. The maximum absolute atomic E-state index is 12.1. The van der Waals surface area contributed by atoms with Crippen LogP contribution >= 0.6 is 0 Å². The molecule has 2 rings (SSSR count). The van der Waals surface area contributed by atoms with Crippen molar-refractivity contribution in [2.75, 3.05) is 32.1 Å². The monoisotopic (exact) mass is 308 g/mol. The van der Waals surface area contributed by atoms with Crippen molar-refractivity contribution < 1.29 is 24.2 Å². The molecule has 1 aliphatic heterocycles. The third-order valence-electron chi connectivity index (χ3n) is 3.32. The number of nitrogens with one attached hydrogen (secondary N) is 1. The number of carbonyl (C=O) groups is 2. The van der Waals surface area contributed by atoms with Gasteiger partial charge in [-0.25, -0.2) is 4.79 Å². The molecule has 120 valence electrons. The van der Waals surface area contributed by atoms with Crippen LogP contribution in [-0.2, 0) is 9.53 Å². The minimum absolute atomic E-state index is 0.0113. The van der Waals surface area contributed by atoms with Crippen LogP contribution in [0.5, 0.6) is 5.75 Å². The van der Waals surface area contributed by atoms with E-state index in [9.17, 15) is 9.59 Å². The molecule has 1 saturated heterocycles. The minimum Gasteiger partial charge on any atom is -0.486 e. The first-order chi connectivity index (χ1) is 10.6. The van der Waals surface area contributed by atoms with E-state index in [0.29, 0.717) is 24.7 Å². The molecule has 0 spiro atoms. The van der Waals surface area contributed by atoms with E-state index in [1.165, 1.54) is 4.90 Å². The van der Waals surface area contributed by atoms with Gasteiger partial charge in [0.2, 0.25) is 0 Å². The number of ether oxygens (including phenoxy) is 2. The molecule has 1 aromatic carbocycles. The van der Waals surface area contributed by atoms with Crippen molar-refractivity contribution >= 4 is 17.7 Å².